The molecule has 6 heteroatoms. The number of halogens is 3. The van der Waals surface area contributed by atoms with Gasteiger partial charge in [0, 0.05) is 6.08 Å². The summed E-state index contributed by atoms with van der Waals surface area (Å²) in [4.78, 5) is 10.8. The average molecular weight is 535 g/mol. The molecule has 0 aromatic carbocycles. The van der Waals surface area contributed by atoms with Crippen molar-refractivity contribution in [3.63, 3.8) is 0 Å². The van der Waals surface area contributed by atoms with Crippen molar-refractivity contribution in [2.75, 3.05) is 6.61 Å². The van der Waals surface area contributed by atoms with Crippen LogP contribution in [0.5, 0.6) is 0 Å². The molecule has 0 atom stereocenters. The van der Waals surface area contributed by atoms with Crippen molar-refractivity contribution in [1.29, 1.82) is 0 Å². The molecule has 0 radical (unpaired) electrons. The van der Waals surface area contributed by atoms with Gasteiger partial charge in [0.1, 0.15) is 1.77 Å². The van der Waals surface area contributed by atoms with Crippen LogP contribution < -0.4 is 0 Å². The van der Waals surface area contributed by atoms with Crippen molar-refractivity contribution >= 4 is 63.3 Å². The first-order chi connectivity index (χ1) is 11.0. The third-order valence-electron chi connectivity index (χ3n) is 3.77. The Kier molecular flexibility index (Phi) is 17.0. The molecule has 0 heterocycles. The number of unbranched alkanes of at least 4 members (excludes halogenated alkanes) is 10. The predicted molar refractivity (Wildman–Crippen MR) is 115 cm³/mol. The van der Waals surface area contributed by atoms with Gasteiger partial charge in [-0.3, -0.25) is 0 Å². The minimum absolute atomic E-state index is 0.0836. The summed E-state index contributed by atoms with van der Waals surface area (Å²) in [5.41, 5.74) is 0. The summed E-state index contributed by atoms with van der Waals surface area (Å²) in [5, 5.41) is 0. The number of rotatable bonds is 15. The van der Waals surface area contributed by atoms with Gasteiger partial charge in [0.25, 0.3) is 0 Å². The molecule has 0 amide bonds. The van der Waals surface area contributed by atoms with Gasteiger partial charge in [-0.05, 0) is 6.42 Å². The zero-order valence-electron chi connectivity index (χ0n) is 14.1. The molecular weight excluding hydrogens is 504 g/mol. The van der Waals surface area contributed by atoms with Crippen LogP contribution in [0.25, 0.3) is 0 Å². The quantitative estimate of drug-likeness (QED) is 0.0799. The highest BCUT2D eigenvalue weighted by Gasteiger charge is 2.16. The molecule has 2 nitrogen and oxygen atoms in total. The summed E-state index contributed by atoms with van der Waals surface area (Å²) in [6, 6.07) is 1.39. The first-order valence-corrected chi connectivity index (χ1v) is 12.9. The third kappa shape index (κ3) is 20.8. The van der Waals surface area contributed by atoms with E-state index in [1.165, 1.54) is 69.9 Å². The molecule has 0 N–H and O–H groups in total. The van der Waals surface area contributed by atoms with Crippen LogP contribution in [0.1, 0.15) is 70.6 Å². The Morgan fingerprint density at radius 1 is 0.870 bits per heavy atom. The Morgan fingerprint density at radius 2 is 1.30 bits per heavy atom. The molecule has 0 aromatic heterocycles. The summed E-state index contributed by atoms with van der Waals surface area (Å²) >= 11 is 10.8. The standard InChI is InChI=1S/C17H31Br3O2Si/c1-2-16(21)22-14-12-10-8-6-4-3-5-7-9-11-13-15-23-17(18,19)20/h2H,1,3-15,23H2. The molecule has 0 aliphatic rings. The van der Waals surface area contributed by atoms with Gasteiger partial charge in [-0.15, -0.1) is 0 Å². The number of hydrogen-bond acceptors (Lipinski definition) is 2. The Bertz CT molecular complexity index is 307. The van der Waals surface area contributed by atoms with E-state index >= 15 is 0 Å². The largest absolute Gasteiger partial charge is 0.463 e. The van der Waals surface area contributed by atoms with Crippen molar-refractivity contribution in [3.05, 3.63) is 12.7 Å². The monoisotopic (exact) mass is 532 g/mol. The first kappa shape index (κ1) is 23.9. The Hall–Kier alpha value is 0.867. The summed E-state index contributed by atoms with van der Waals surface area (Å²) in [6.45, 7) is 3.91. The summed E-state index contributed by atoms with van der Waals surface area (Å²) in [7, 11) is -0.0989. The SMILES string of the molecule is C=CC(=O)OCCCCCCCCCCCCC[SiH2]C(Br)(Br)Br. The maximum absolute atomic E-state index is 10.8. The lowest BCUT2D eigenvalue weighted by Gasteiger charge is -2.10. The van der Waals surface area contributed by atoms with Gasteiger partial charge in [-0.1, -0.05) is 125 Å². The maximum atomic E-state index is 10.8. The number of hydrogen-bond donors (Lipinski definition) is 0. The molecule has 136 valence electrons. The van der Waals surface area contributed by atoms with Gasteiger partial charge in [0.2, 0.25) is 0 Å². The van der Waals surface area contributed by atoms with E-state index < -0.39 is 0 Å². The Morgan fingerprint density at radius 3 is 1.74 bits per heavy atom. The smallest absolute Gasteiger partial charge is 0.330 e. The van der Waals surface area contributed by atoms with E-state index in [-0.39, 0.29) is 17.3 Å². The molecule has 0 aliphatic heterocycles. The molecule has 0 aliphatic carbocycles. The molecule has 0 rings (SSSR count). The van der Waals surface area contributed by atoms with Crippen molar-refractivity contribution in [1.82, 2.24) is 0 Å². The molecule has 0 unspecified atom stereocenters. The topological polar surface area (TPSA) is 26.3 Å². The Balaban J connectivity index is 3.08. The van der Waals surface area contributed by atoms with E-state index in [2.05, 4.69) is 54.4 Å². The van der Waals surface area contributed by atoms with Gasteiger partial charge in [-0.2, -0.15) is 0 Å². The van der Waals surface area contributed by atoms with Gasteiger partial charge < -0.3 is 4.74 Å². The van der Waals surface area contributed by atoms with Crippen LogP contribution >= 0.6 is 47.8 Å². The molecule has 0 aromatic rings. The van der Waals surface area contributed by atoms with E-state index in [1.54, 1.807) is 0 Å². The van der Waals surface area contributed by atoms with E-state index in [1.807, 2.05) is 0 Å². The van der Waals surface area contributed by atoms with Crippen LogP contribution in [0.4, 0.5) is 0 Å². The van der Waals surface area contributed by atoms with Crippen LogP contribution in [0, 0.1) is 0 Å². The van der Waals surface area contributed by atoms with Crippen molar-refractivity contribution in [2.45, 2.75) is 78.4 Å². The second kappa shape index (κ2) is 16.3. The van der Waals surface area contributed by atoms with E-state index in [0.29, 0.717) is 6.61 Å². The fourth-order valence-electron chi connectivity index (χ4n) is 2.43. The molecule has 0 saturated heterocycles. The molecule has 0 spiro atoms. The Labute approximate surface area is 169 Å². The highest BCUT2D eigenvalue weighted by molar-refractivity contribution is 9.40. The molecule has 0 fully saturated rings. The third-order valence-corrected chi connectivity index (χ3v) is 8.75. The molecule has 23 heavy (non-hydrogen) atoms. The van der Waals surface area contributed by atoms with Crippen LogP contribution in [-0.2, 0) is 9.53 Å². The first-order valence-electron chi connectivity index (χ1n) is 8.81. The van der Waals surface area contributed by atoms with Crippen molar-refractivity contribution in [2.24, 2.45) is 0 Å². The van der Waals surface area contributed by atoms with Gasteiger partial charge in [0.05, 0.1) is 16.1 Å². The minimum Gasteiger partial charge on any atom is -0.463 e. The number of carbonyl (C=O) groups is 1. The highest BCUT2D eigenvalue weighted by Crippen LogP contribution is 2.33. The normalized spacial score (nSPS) is 12.0. The highest BCUT2D eigenvalue weighted by atomic mass is 80.0. The summed E-state index contributed by atoms with van der Waals surface area (Å²) in [5.74, 6) is -0.307. The number of esters is 1. The summed E-state index contributed by atoms with van der Waals surface area (Å²) in [6.07, 6.45) is 15.6. The summed E-state index contributed by atoms with van der Waals surface area (Å²) < 4.78 is 5.03. The van der Waals surface area contributed by atoms with Crippen LogP contribution in [0.2, 0.25) is 6.04 Å². The molecule has 0 bridgehead atoms. The van der Waals surface area contributed by atoms with Crippen LogP contribution in [0.3, 0.4) is 0 Å². The van der Waals surface area contributed by atoms with Crippen molar-refractivity contribution in [3.8, 4) is 0 Å². The van der Waals surface area contributed by atoms with Crippen LogP contribution in [0.15, 0.2) is 12.7 Å². The molecule has 0 saturated carbocycles. The second-order valence-electron chi connectivity index (χ2n) is 5.98. The lowest BCUT2D eigenvalue weighted by Crippen LogP contribution is -2.10. The maximum Gasteiger partial charge on any atom is 0.330 e. The van der Waals surface area contributed by atoms with Crippen molar-refractivity contribution < 1.29 is 9.53 Å². The fourth-order valence-corrected chi connectivity index (χ4v) is 5.95. The fraction of sp³-hybridized carbons (Fsp3) is 0.824. The zero-order chi connectivity index (χ0) is 17.4. The van der Waals surface area contributed by atoms with Gasteiger partial charge in [-0.25, -0.2) is 4.79 Å². The number of ether oxygens (including phenoxy) is 1. The van der Waals surface area contributed by atoms with E-state index in [0.717, 1.165) is 12.8 Å². The zero-order valence-corrected chi connectivity index (χ0v) is 20.3. The molecular formula is C17H31Br3O2Si. The predicted octanol–water partition coefficient (Wildman–Crippen LogP) is 6.39. The number of alkyl halides is 3. The minimum atomic E-state index is -0.307. The van der Waals surface area contributed by atoms with Gasteiger partial charge in [0.15, 0.2) is 0 Å². The van der Waals surface area contributed by atoms with E-state index in [9.17, 15) is 4.79 Å². The second-order valence-corrected chi connectivity index (χ2v) is 18.6. The number of carbonyl (C=O) groups excluding carboxylic acids is 1. The lowest BCUT2D eigenvalue weighted by atomic mass is 10.1. The van der Waals surface area contributed by atoms with E-state index in [4.69, 9.17) is 4.74 Å². The lowest BCUT2D eigenvalue weighted by molar-refractivity contribution is -0.137. The van der Waals surface area contributed by atoms with Gasteiger partial charge >= 0.3 is 5.97 Å². The average Bonchev–Trinajstić information content (AvgIpc) is 2.49. The van der Waals surface area contributed by atoms with Crippen LogP contribution in [-0.4, -0.2) is 23.9 Å².